The molecule has 0 spiro atoms. The number of carbonyl (C=O) groups is 1. The van der Waals surface area contributed by atoms with E-state index >= 15 is 0 Å². The number of hydrogen-bond donors (Lipinski definition) is 1. The van der Waals surface area contributed by atoms with Crippen molar-refractivity contribution in [2.75, 3.05) is 31.5 Å². The van der Waals surface area contributed by atoms with Gasteiger partial charge in [0.25, 0.3) is 0 Å². The normalized spacial score (nSPS) is 12.8. The first kappa shape index (κ1) is 22.4. The van der Waals surface area contributed by atoms with Crippen molar-refractivity contribution in [3.05, 3.63) is 30.1 Å². The molecule has 0 aromatic heterocycles. The monoisotopic (exact) mass is 387 g/mol. The Labute approximate surface area is 156 Å². The molecule has 26 heavy (non-hydrogen) atoms. The summed E-state index contributed by atoms with van der Waals surface area (Å²) in [4.78, 5) is 12.3. The Morgan fingerprint density at radius 2 is 1.81 bits per heavy atom. The molecule has 0 aliphatic heterocycles. The Morgan fingerprint density at radius 1 is 1.19 bits per heavy atom. The van der Waals surface area contributed by atoms with Crippen molar-refractivity contribution in [2.24, 2.45) is 5.92 Å². The highest BCUT2D eigenvalue weighted by Crippen LogP contribution is 2.19. The van der Waals surface area contributed by atoms with E-state index in [1.807, 2.05) is 0 Å². The molecule has 0 aliphatic carbocycles. The van der Waals surface area contributed by atoms with Gasteiger partial charge in [-0.15, -0.1) is 0 Å². The number of nitrogens with one attached hydrogen (secondary N) is 1. The Bertz CT molecular complexity index is 663. The molecule has 1 aromatic rings. The number of benzene rings is 1. The first-order chi connectivity index (χ1) is 12.2. The van der Waals surface area contributed by atoms with Crippen molar-refractivity contribution in [3.8, 4) is 0 Å². The van der Waals surface area contributed by atoms with Gasteiger partial charge < -0.3 is 5.32 Å². The zero-order chi connectivity index (χ0) is 19.7. The number of hydrogen-bond acceptors (Lipinski definition) is 3. The highest BCUT2D eigenvalue weighted by molar-refractivity contribution is 7.90. The largest absolute Gasteiger partial charge is 0.354 e. The fraction of sp³-hybridized carbons (Fsp3) is 0.611. The van der Waals surface area contributed by atoms with Crippen molar-refractivity contribution in [1.29, 1.82) is 0 Å². The highest BCUT2D eigenvalue weighted by Gasteiger charge is 2.27. The lowest BCUT2D eigenvalue weighted by atomic mass is 9.99. The van der Waals surface area contributed by atoms with E-state index in [9.17, 15) is 17.6 Å². The van der Waals surface area contributed by atoms with Crippen molar-refractivity contribution in [1.82, 2.24) is 9.62 Å². The van der Waals surface area contributed by atoms with Crippen molar-refractivity contribution in [3.63, 3.8) is 0 Å². The molecule has 1 rings (SSSR count). The molecule has 0 saturated heterocycles. The fourth-order valence-electron chi connectivity index (χ4n) is 2.50. The third kappa shape index (κ3) is 6.57. The summed E-state index contributed by atoms with van der Waals surface area (Å²) in [7, 11) is -1.09. The molecule has 0 radical (unpaired) electrons. The molecule has 0 heterocycles. The van der Waals surface area contributed by atoms with Crippen molar-refractivity contribution in [2.45, 2.75) is 39.5 Å². The molecule has 1 atom stereocenters. The second-order valence-electron chi connectivity index (χ2n) is 6.49. The SMILES string of the molecule is CCCC[C@H](CC)CNC(=O)CN(c1ccc(F)cc1)S(=O)(=O)N(C)C. The van der Waals surface area contributed by atoms with Crippen LogP contribution >= 0.6 is 0 Å². The third-order valence-electron chi connectivity index (χ3n) is 4.27. The fourth-order valence-corrected chi connectivity index (χ4v) is 3.56. The van der Waals surface area contributed by atoms with Gasteiger partial charge in [0.1, 0.15) is 12.4 Å². The van der Waals surface area contributed by atoms with Gasteiger partial charge >= 0.3 is 10.2 Å². The van der Waals surface area contributed by atoms with Crippen LogP contribution in [0.2, 0.25) is 0 Å². The maximum absolute atomic E-state index is 13.2. The Kier molecular flexibility index (Phi) is 9.01. The molecule has 1 aromatic carbocycles. The standard InChI is InChI=1S/C18H30FN3O3S/c1-5-7-8-15(6-2)13-20-18(23)14-22(26(24,25)21(3)4)17-11-9-16(19)10-12-17/h9-12,15H,5-8,13-14H2,1-4H3,(H,20,23)/t15-/m0/s1. The van der Waals surface area contributed by atoms with Gasteiger partial charge in [0, 0.05) is 20.6 Å². The average molecular weight is 388 g/mol. The van der Waals surface area contributed by atoms with Crippen LogP contribution in [0, 0.1) is 11.7 Å². The molecule has 1 amide bonds. The van der Waals surface area contributed by atoms with Crippen LogP contribution in [0.25, 0.3) is 0 Å². The second-order valence-corrected chi connectivity index (χ2v) is 8.56. The van der Waals surface area contributed by atoms with Gasteiger partial charge in [-0.05, 0) is 36.6 Å². The molecule has 1 N–H and O–H groups in total. The lowest BCUT2D eigenvalue weighted by Crippen LogP contribution is -2.46. The predicted octanol–water partition coefficient (Wildman–Crippen LogP) is 2.77. The molecule has 6 nitrogen and oxygen atoms in total. The van der Waals surface area contributed by atoms with Crippen LogP contribution < -0.4 is 9.62 Å². The van der Waals surface area contributed by atoms with Crippen LogP contribution in [0.15, 0.2) is 24.3 Å². The second kappa shape index (κ2) is 10.5. The Hall–Kier alpha value is -1.67. The lowest BCUT2D eigenvalue weighted by Gasteiger charge is -2.27. The van der Waals surface area contributed by atoms with Gasteiger partial charge in [-0.1, -0.05) is 33.1 Å². The summed E-state index contributed by atoms with van der Waals surface area (Å²) in [5.74, 6) is -0.472. The minimum Gasteiger partial charge on any atom is -0.354 e. The quantitative estimate of drug-likeness (QED) is 0.635. The average Bonchev–Trinajstić information content (AvgIpc) is 2.60. The van der Waals surface area contributed by atoms with Crippen LogP contribution in [0.1, 0.15) is 39.5 Å². The Morgan fingerprint density at radius 3 is 2.31 bits per heavy atom. The molecule has 0 fully saturated rings. The van der Waals surface area contributed by atoms with E-state index in [1.54, 1.807) is 0 Å². The number of carbonyl (C=O) groups excluding carboxylic acids is 1. The number of rotatable bonds is 11. The molecule has 148 valence electrons. The van der Waals surface area contributed by atoms with Gasteiger partial charge in [0.05, 0.1) is 5.69 Å². The molecule has 0 unspecified atom stereocenters. The number of nitrogens with zero attached hydrogens (tertiary/aromatic N) is 2. The van der Waals surface area contributed by atoms with Gasteiger partial charge in [0.15, 0.2) is 0 Å². The molecule has 0 aliphatic rings. The van der Waals surface area contributed by atoms with Gasteiger partial charge in [-0.3, -0.25) is 4.79 Å². The highest BCUT2D eigenvalue weighted by atomic mass is 32.2. The van der Waals surface area contributed by atoms with E-state index < -0.39 is 16.0 Å². The predicted molar refractivity (Wildman–Crippen MR) is 103 cm³/mol. The van der Waals surface area contributed by atoms with Gasteiger partial charge in [-0.25, -0.2) is 8.70 Å². The summed E-state index contributed by atoms with van der Waals surface area (Å²) in [6.07, 6.45) is 4.19. The van der Waals surface area contributed by atoms with E-state index in [0.717, 1.165) is 34.3 Å². The zero-order valence-electron chi connectivity index (χ0n) is 16.0. The number of anilines is 1. The maximum atomic E-state index is 13.2. The van der Waals surface area contributed by atoms with E-state index in [1.165, 1.54) is 38.4 Å². The van der Waals surface area contributed by atoms with Crippen LogP contribution in [0.5, 0.6) is 0 Å². The van der Waals surface area contributed by atoms with E-state index in [-0.39, 0.29) is 18.1 Å². The van der Waals surface area contributed by atoms with Crippen LogP contribution in [0.3, 0.4) is 0 Å². The number of unbranched alkanes of at least 4 members (excludes halogenated alkanes) is 1. The molecule has 8 heteroatoms. The molecule has 0 saturated carbocycles. The van der Waals surface area contributed by atoms with Crippen LogP contribution in [0.4, 0.5) is 10.1 Å². The summed E-state index contributed by atoms with van der Waals surface area (Å²) in [5, 5.41) is 2.83. The number of halogens is 1. The third-order valence-corrected chi connectivity index (χ3v) is 6.09. The first-order valence-corrected chi connectivity index (χ1v) is 10.3. The minimum atomic E-state index is -3.87. The summed E-state index contributed by atoms with van der Waals surface area (Å²) in [6.45, 7) is 4.37. The van der Waals surface area contributed by atoms with Crippen molar-refractivity contribution >= 4 is 21.8 Å². The zero-order valence-corrected chi connectivity index (χ0v) is 16.9. The summed E-state index contributed by atoms with van der Waals surface area (Å²) >= 11 is 0. The smallest absolute Gasteiger partial charge is 0.304 e. The molecular formula is C18H30FN3O3S. The van der Waals surface area contributed by atoms with E-state index in [0.29, 0.717) is 12.5 Å². The Balaban J connectivity index is 2.86. The summed E-state index contributed by atoms with van der Waals surface area (Å²) in [5.41, 5.74) is 0.244. The van der Waals surface area contributed by atoms with E-state index in [2.05, 4.69) is 19.2 Å². The number of amides is 1. The maximum Gasteiger partial charge on any atom is 0.304 e. The van der Waals surface area contributed by atoms with Gasteiger partial charge in [-0.2, -0.15) is 12.7 Å². The van der Waals surface area contributed by atoms with Crippen LogP contribution in [-0.2, 0) is 15.0 Å². The first-order valence-electron chi connectivity index (χ1n) is 8.94. The molecule has 0 bridgehead atoms. The van der Waals surface area contributed by atoms with Gasteiger partial charge in [0.2, 0.25) is 5.91 Å². The van der Waals surface area contributed by atoms with Crippen LogP contribution in [-0.4, -0.2) is 45.8 Å². The minimum absolute atomic E-state index is 0.244. The lowest BCUT2D eigenvalue weighted by molar-refractivity contribution is -0.119. The summed E-state index contributed by atoms with van der Waals surface area (Å²) in [6, 6.07) is 5.03. The van der Waals surface area contributed by atoms with E-state index in [4.69, 9.17) is 0 Å². The summed E-state index contributed by atoms with van der Waals surface area (Å²) < 4.78 is 40.3. The molecular weight excluding hydrogens is 357 g/mol. The topological polar surface area (TPSA) is 69.7 Å². The van der Waals surface area contributed by atoms with Crippen molar-refractivity contribution < 1.29 is 17.6 Å².